The molecule has 3 rings (SSSR count). The van der Waals surface area contributed by atoms with Gasteiger partial charge in [-0.05, 0) is 50.2 Å². The number of aromatic nitrogens is 3. The zero-order valence-electron chi connectivity index (χ0n) is 17.1. The first-order valence-electron chi connectivity index (χ1n) is 9.38. The normalized spacial score (nSPS) is 11.6. The molecule has 7 nitrogen and oxygen atoms in total. The number of hydrogen-bond acceptors (Lipinski definition) is 5. The number of amides is 1. The summed E-state index contributed by atoms with van der Waals surface area (Å²) in [5.41, 5.74) is 0.508. The fraction of sp³-hybridized carbons (Fsp3) is 0.286. The van der Waals surface area contributed by atoms with Crippen molar-refractivity contribution in [2.45, 2.75) is 26.1 Å². The summed E-state index contributed by atoms with van der Waals surface area (Å²) in [6.07, 6.45) is -4.70. The van der Waals surface area contributed by atoms with Crippen molar-refractivity contribution in [2.75, 3.05) is 19.0 Å². The van der Waals surface area contributed by atoms with Gasteiger partial charge in [0.1, 0.15) is 6.61 Å². The molecule has 1 amide bonds. The van der Waals surface area contributed by atoms with Crippen LogP contribution in [0.25, 0.3) is 17.1 Å². The van der Waals surface area contributed by atoms with Crippen molar-refractivity contribution in [3.05, 3.63) is 54.1 Å². The lowest BCUT2D eigenvalue weighted by Gasteiger charge is -2.10. The third-order valence-corrected chi connectivity index (χ3v) is 4.05. The fourth-order valence-corrected chi connectivity index (χ4v) is 2.77. The smallest absolute Gasteiger partial charge is 0.416 e. The van der Waals surface area contributed by atoms with Gasteiger partial charge in [0.15, 0.2) is 5.82 Å². The predicted octanol–water partition coefficient (Wildman–Crippen LogP) is 4.33. The molecule has 0 aliphatic rings. The van der Waals surface area contributed by atoms with Crippen LogP contribution in [0, 0.1) is 0 Å². The van der Waals surface area contributed by atoms with E-state index in [0.717, 1.165) is 12.1 Å². The highest BCUT2D eigenvalue weighted by Crippen LogP contribution is 2.33. The van der Waals surface area contributed by atoms with Crippen LogP contribution in [0.15, 0.2) is 48.5 Å². The number of halogens is 3. The molecule has 0 aliphatic heterocycles. The molecule has 31 heavy (non-hydrogen) atoms. The van der Waals surface area contributed by atoms with Gasteiger partial charge in [0.05, 0.1) is 17.4 Å². The van der Waals surface area contributed by atoms with Gasteiger partial charge in [0.25, 0.3) is 0 Å². The lowest BCUT2D eigenvalue weighted by Crippen LogP contribution is -2.17. The van der Waals surface area contributed by atoms with E-state index in [4.69, 9.17) is 9.47 Å². The zero-order valence-corrected chi connectivity index (χ0v) is 17.1. The van der Waals surface area contributed by atoms with E-state index in [9.17, 15) is 18.0 Å². The maximum absolute atomic E-state index is 13.2. The van der Waals surface area contributed by atoms with E-state index in [1.165, 1.54) is 23.9 Å². The Kier molecular flexibility index (Phi) is 6.59. The fourth-order valence-electron chi connectivity index (χ4n) is 2.77. The number of rotatable bonds is 7. The minimum atomic E-state index is -4.49. The van der Waals surface area contributed by atoms with E-state index in [-0.39, 0.29) is 36.0 Å². The molecule has 2 aromatic carbocycles. The number of nitrogens with zero attached hydrogens (tertiary/aromatic N) is 3. The molecule has 0 aliphatic carbocycles. The van der Waals surface area contributed by atoms with E-state index < -0.39 is 11.7 Å². The lowest BCUT2D eigenvalue weighted by atomic mass is 10.1. The summed E-state index contributed by atoms with van der Waals surface area (Å²) < 4.78 is 51.2. The summed E-state index contributed by atoms with van der Waals surface area (Å²) in [5.74, 6) is -0.119. The molecule has 0 bridgehead atoms. The summed E-state index contributed by atoms with van der Waals surface area (Å²) in [6, 6.07) is 11.5. The van der Waals surface area contributed by atoms with Gasteiger partial charge in [0, 0.05) is 18.4 Å². The molecule has 0 saturated heterocycles. The van der Waals surface area contributed by atoms with Crippen LogP contribution in [0.2, 0.25) is 0 Å². The second-order valence-corrected chi connectivity index (χ2v) is 6.90. The molecule has 0 fully saturated rings. The molecule has 10 heteroatoms. The summed E-state index contributed by atoms with van der Waals surface area (Å²) in [5, 5.41) is 6.97. The Bertz CT molecular complexity index is 1050. The van der Waals surface area contributed by atoms with E-state index >= 15 is 0 Å². The third-order valence-electron chi connectivity index (χ3n) is 4.05. The lowest BCUT2D eigenvalue weighted by molar-refractivity contribution is -0.137. The largest absolute Gasteiger partial charge is 0.460 e. The van der Waals surface area contributed by atoms with Crippen LogP contribution in [0.3, 0.4) is 0 Å². The first kappa shape index (κ1) is 22.3. The summed E-state index contributed by atoms with van der Waals surface area (Å²) in [7, 11) is 1.42. The van der Waals surface area contributed by atoms with E-state index in [2.05, 4.69) is 15.4 Å². The minimum Gasteiger partial charge on any atom is -0.460 e. The SMILES string of the molecule is COCC(=O)Nc1ccc(-n2nc(OC(C)C)nc2-c2cccc(C(F)(F)F)c2)cc1. The number of ether oxygens (including phenoxy) is 2. The van der Waals surface area contributed by atoms with Gasteiger partial charge in [0.2, 0.25) is 5.91 Å². The molecule has 1 aromatic heterocycles. The Morgan fingerprint density at radius 3 is 2.48 bits per heavy atom. The highest BCUT2D eigenvalue weighted by atomic mass is 19.4. The Labute approximate surface area is 176 Å². The Hall–Kier alpha value is -3.40. The molecule has 0 spiro atoms. The van der Waals surface area contributed by atoms with Gasteiger partial charge >= 0.3 is 12.2 Å². The molecule has 0 radical (unpaired) electrons. The van der Waals surface area contributed by atoms with E-state index in [0.29, 0.717) is 11.4 Å². The monoisotopic (exact) mass is 434 g/mol. The first-order valence-corrected chi connectivity index (χ1v) is 9.38. The molecule has 3 aromatic rings. The van der Waals surface area contributed by atoms with Crippen LogP contribution in [-0.4, -0.2) is 40.5 Å². The van der Waals surface area contributed by atoms with Crippen molar-refractivity contribution in [1.82, 2.24) is 14.8 Å². The maximum Gasteiger partial charge on any atom is 0.416 e. The van der Waals surface area contributed by atoms with E-state index in [1.54, 1.807) is 38.1 Å². The maximum atomic E-state index is 13.2. The average molecular weight is 434 g/mol. The Balaban J connectivity index is 2.00. The van der Waals surface area contributed by atoms with Crippen LogP contribution in [0.5, 0.6) is 6.01 Å². The molecule has 164 valence electrons. The topological polar surface area (TPSA) is 78.3 Å². The van der Waals surface area contributed by atoms with Crippen molar-refractivity contribution in [2.24, 2.45) is 0 Å². The highest BCUT2D eigenvalue weighted by molar-refractivity contribution is 5.91. The molecule has 0 saturated carbocycles. The van der Waals surface area contributed by atoms with Gasteiger partial charge in [-0.25, -0.2) is 4.68 Å². The Morgan fingerprint density at radius 1 is 1.16 bits per heavy atom. The number of carbonyl (C=O) groups excluding carboxylic acids is 1. The number of anilines is 1. The summed E-state index contributed by atoms with van der Waals surface area (Å²) in [6.45, 7) is 3.50. The second-order valence-electron chi connectivity index (χ2n) is 6.90. The van der Waals surface area contributed by atoms with Crippen LogP contribution >= 0.6 is 0 Å². The number of benzene rings is 2. The van der Waals surface area contributed by atoms with Crippen LogP contribution in [0.1, 0.15) is 19.4 Å². The predicted molar refractivity (Wildman–Crippen MR) is 108 cm³/mol. The average Bonchev–Trinajstić information content (AvgIpc) is 3.11. The van der Waals surface area contributed by atoms with Crippen molar-refractivity contribution in [3.63, 3.8) is 0 Å². The quantitative estimate of drug-likeness (QED) is 0.599. The number of nitrogens with one attached hydrogen (secondary N) is 1. The molecule has 1 N–H and O–H groups in total. The highest BCUT2D eigenvalue weighted by Gasteiger charge is 2.31. The molecule has 1 heterocycles. The first-order chi connectivity index (χ1) is 14.7. The molecular weight excluding hydrogens is 413 g/mol. The van der Waals surface area contributed by atoms with Crippen molar-refractivity contribution >= 4 is 11.6 Å². The van der Waals surface area contributed by atoms with Crippen LogP contribution < -0.4 is 10.1 Å². The standard InChI is InChI=1S/C21H21F3N4O3/c1-13(2)31-20-26-19(14-5-4-6-15(11-14)21(22,23)24)28(27-20)17-9-7-16(8-10-17)25-18(29)12-30-3/h4-11,13H,12H2,1-3H3,(H,25,29). The van der Waals surface area contributed by atoms with Gasteiger partial charge in [-0.2, -0.15) is 18.2 Å². The van der Waals surface area contributed by atoms with Crippen LogP contribution in [0.4, 0.5) is 18.9 Å². The Morgan fingerprint density at radius 2 is 1.87 bits per heavy atom. The van der Waals surface area contributed by atoms with Gasteiger partial charge in [-0.3, -0.25) is 4.79 Å². The van der Waals surface area contributed by atoms with E-state index in [1.807, 2.05) is 0 Å². The van der Waals surface area contributed by atoms with Crippen molar-refractivity contribution in [3.8, 4) is 23.1 Å². The minimum absolute atomic E-state index is 0.0416. The summed E-state index contributed by atoms with van der Waals surface area (Å²) in [4.78, 5) is 15.9. The van der Waals surface area contributed by atoms with Crippen molar-refractivity contribution in [1.29, 1.82) is 0 Å². The molecule has 0 atom stereocenters. The number of carbonyl (C=O) groups is 1. The molecule has 0 unspecified atom stereocenters. The third kappa shape index (κ3) is 5.60. The molecular formula is C21H21F3N4O3. The van der Waals surface area contributed by atoms with Gasteiger partial charge < -0.3 is 14.8 Å². The number of alkyl halides is 3. The van der Waals surface area contributed by atoms with Crippen molar-refractivity contribution < 1.29 is 27.4 Å². The zero-order chi connectivity index (χ0) is 22.6. The summed E-state index contributed by atoms with van der Waals surface area (Å²) >= 11 is 0. The van der Waals surface area contributed by atoms with Gasteiger partial charge in [-0.1, -0.05) is 12.1 Å². The number of methoxy groups -OCH3 is 1. The van der Waals surface area contributed by atoms with Gasteiger partial charge in [-0.15, -0.1) is 5.10 Å². The number of hydrogen-bond donors (Lipinski definition) is 1. The van der Waals surface area contributed by atoms with Crippen LogP contribution in [-0.2, 0) is 15.7 Å². The second kappa shape index (κ2) is 9.17.